The number of hydrogen-bond acceptors (Lipinski definition) is 7. The second kappa shape index (κ2) is 8.50. The molecule has 0 radical (unpaired) electrons. The molecular weight excluding hydrogens is 396 g/mol. The number of aliphatic hydroxyl groups is 1. The van der Waals surface area contributed by atoms with Gasteiger partial charge in [0.1, 0.15) is 41.5 Å². The number of fused-ring (bicyclic) bond motifs is 2. The van der Waals surface area contributed by atoms with E-state index in [1.807, 2.05) is 53.1 Å². The summed E-state index contributed by atoms with van der Waals surface area (Å²) in [5, 5.41) is 14.2. The molecule has 1 aliphatic heterocycles. The van der Waals surface area contributed by atoms with E-state index in [0.717, 1.165) is 33.7 Å². The third kappa shape index (κ3) is 3.93. The molecule has 2 N–H and O–H groups in total. The van der Waals surface area contributed by atoms with Gasteiger partial charge in [-0.3, -0.25) is 4.40 Å². The molecule has 0 aliphatic carbocycles. The fraction of sp³-hybridized carbons (Fsp3) is 0.304. The first kappa shape index (κ1) is 19.7. The molecule has 3 aromatic heterocycles. The van der Waals surface area contributed by atoms with Crippen LogP contribution in [0.25, 0.3) is 27.9 Å². The average molecular weight is 420 g/mol. The molecule has 1 saturated heterocycles. The molecule has 4 aromatic rings. The maximum atomic E-state index is 10.1. The highest BCUT2D eigenvalue weighted by Gasteiger charge is 2.27. The fourth-order valence-electron chi connectivity index (χ4n) is 3.77. The van der Waals surface area contributed by atoms with Gasteiger partial charge in [-0.2, -0.15) is 0 Å². The predicted molar refractivity (Wildman–Crippen MR) is 117 cm³/mol. The standard InChI is InChI=1S/C23H24N4O4/c1-29-9-10-30-16-7-8-27-18(12-25-22(27)11-16)17-6-5-15-3-2-4-20(23(15)26-17)31-21-14-24-13-19(21)28/h2-8,11-12,19,21,24,28H,9-10,13-14H2,1H3/t19-,21-/m0/s1. The van der Waals surface area contributed by atoms with Gasteiger partial charge < -0.3 is 24.6 Å². The lowest BCUT2D eigenvalue weighted by molar-refractivity contribution is 0.0747. The van der Waals surface area contributed by atoms with Gasteiger partial charge in [0.2, 0.25) is 0 Å². The van der Waals surface area contributed by atoms with E-state index in [0.29, 0.717) is 32.1 Å². The second-order valence-electron chi connectivity index (χ2n) is 7.48. The van der Waals surface area contributed by atoms with Gasteiger partial charge in [0.25, 0.3) is 0 Å². The van der Waals surface area contributed by atoms with Gasteiger partial charge in [-0.15, -0.1) is 0 Å². The predicted octanol–water partition coefficient (Wildman–Crippen LogP) is 2.29. The summed E-state index contributed by atoms with van der Waals surface area (Å²) in [7, 11) is 1.65. The Balaban J connectivity index is 1.48. The zero-order valence-electron chi connectivity index (χ0n) is 17.2. The third-order valence-electron chi connectivity index (χ3n) is 5.39. The largest absolute Gasteiger partial charge is 0.491 e. The van der Waals surface area contributed by atoms with Crippen LogP contribution in [0, 0.1) is 0 Å². The highest BCUT2D eigenvalue weighted by Crippen LogP contribution is 2.29. The van der Waals surface area contributed by atoms with E-state index in [2.05, 4.69) is 10.3 Å². The fourth-order valence-corrected chi connectivity index (χ4v) is 3.77. The summed E-state index contributed by atoms with van der Waals surface area (Å²) in [6.07, 6.45) is 2.91. The Morgan fingerprint density at radius 1 is 1.16 bits per heavy atom. The number of pyridine rings is 2. The molecule has 0 spiro atoms. The summed E-state index contributed by atoms with van der Waals surface area (Å²) in [6, 6.07) is 13.6. The smallest absolute Gasteiger partial charge is 0.146 e. The van der Waals surface area contributed by atoms with Gasteiger partial charge in [0.05, 0.1) is 24.2 Å². The zero-order valence-corrected chi connectivity index (χ0v) is 17.2. The molecule has 0 bridgehead atoms. The van der Waals surface area contributed by atoms with Crippen LogP contribution < -0.4 is 14.8 Å². The highest BCUT2D eigenvalue weighted by molar-refractivity contribution is 5.86. The number of β-amino-alcohol motifs (C(OH)–C–C–N with tert-alkyl or cyclic N) is 1. The van der Waals surface area contributed by atoms with Crippen LogP contribution >= 0.6 is 0 Å². The van der Waals surface area contributed by atoms with Gasteiger partial charge >= 0.3 is 0 Å². The lowest BCUT2D eigenvalue weighted by Gasteiger charge is -2.17. The number of rotatable bonds is 7. The topological polar surface area (TPSA) is 90.1 Å². The van der Waals surface area contributed by atoms with E-state index in [-0.39, 0.29) is 6.10 Å². The Bertz CT molecular complexity index is 1210. The maximum absolute atomic E-state index is 10.1. The van der Waals surface area contributed by atoms with Crippen molar-refractivity contribution in [2.24, 2.45) is 0 Å². The Morgan fingerprint density at radius 3 is 2.94 bits per heavy atom. The molecule has 1 aromatic carbocycles. The van der Waals surface area contributed by atoms with E-state index in [1.165, 1.54) is 0 Å². The number of nitrogens with zero attached hydrogens (tertiary/aromatic N) is 3. The Hall–Kier alpha value is -3.20. The van der Waals surface area contributed by atoms with E-state index < -0.39 is 6.10 Å². The maximum Gasteiger partial charge on any atom is 0.146 e. The molecule has 160 valence electrons. The van der Waals surface area contributed by atoms with Gasteiger partial charge in [0, 0.05) is 37.8 Å². The minimum absolute atomic E-state index is 0.289. The number of hydrogen-bond donors (Lipinski definition) is 2. The molecule has 0 unspecified atom stereocenters. The van der Waals surface area contributed by atoms with Crippen molar-refractivity contribution in [3.63, 3.8) is 0 Å². The van der Waals surface area contributed by atoms with Crippen molar-refractivity contribution >= 4 is 16.6 Å². The lowest BCUT2D eigenvalue weighted by atomic mass is 10.1. The minimum atomic E-state index is -0.530. The molecule has 2 atom stereocenters. The number of nitrogens with one attached hydrogen (secondary N) is 1. The first-order chi connectivity index (χ1) is 15.2. The van der Waals surface area contributed by atoms with Crippen molar-refractivity contribution in [3.05, 3.63) is 54.9 Å². The number of methoxy groups -OCH3 is 1. The third-order valence-corrected chi connectivity index (χ3v) is 5.39. The van der Waals surface area contributed by atoms with Gasteiger partial charge in [-0.05, 0) is 18.2 Å². The van der Waals surface area contributed by atoms with Crippen molar-refractivity contribution in [1.29, 1.82) is 0 Å². The molecule has 31 heavy (non-hydrogen) atoms. The van der Waals surface area contributed by atoms with E-state index in [1.54, 1.807) is 13.3 Å². The lowest BCUT2D eigenvalue weighted by Crippen LogP contribution is -2.29. The highest BCUT2D eigenvalue weighted by atomic mass is 16.5. The van der Waals surface area contributed by atoms with Crippen LogP contribution in [0.5, 0.6) is 11.5 Å². The molecule has 1 fully saturated rings. The van der Waals surface area contributed by atoms with Crippen molar-refractivity contribution in [2.75, 3.05) is 33.4 Å². The summed E-state index contributed by atoms with van der Waals surface area (Å²) >= 11 is 0. The number of aliphatic hydroxyl groups excluding tert-OH is 1. The molecule has 0 amide bonds. The van der Waals surface area contributed by atoms with E-state index in [9.17, 15) is 5.11 Å². The molecule has 4 heterocycles. The number of aromatic nitrogens is 3. The van der Waals surface area contributed by atoms with Crippen LogP contribution in [0.1, 0.15) is 0 Å². The molecule has 5 rings (SSSR count). The van der Waals surface area contributed by atoms with Crippen molar-refractivity contribution in [1.82, 2.24) is 19.7 Å². The van der Waals surface area contributed by atoms with Crippen LogP contribution in [-0.2, 0) is 4.74 Å². The van der Waals surface area contributed by atoms with Crippen molar-refractivity contribution in [2.45, 2.75) is 12.2 Å². The monoisotopic (exact) mass is 420 g/mol. The van der Waals surface area contributed by atoms with E-state index in [4.69, 9.17) is 19.2 Å². The molecular formula is C23H24N4O4. The summed E-state index contributed by atoms with van der Waals surface area (Å²) in [5.74, 6) is 1.40. The molecule has 8 nitrogen and oxygen atoms in total. The minimum Gasteiger partial charge on any atom is -0.491 e. The summed E-state index contributed by atoms with van der Waals surface area (Å²) in [6.45, 7) is 2.16. The number of ether oxygens (including phenoxy) is 3. The molecule has 8 heteroatoms. The van der Waals surface area contributed by atoms with Crippen molar-refractivity contribution < 1.29 is 19.3 Å². The number of imidazole rings is 1. The second-order valence-corrected chi connectivity index (χ2v) is 7.48. The number of benzene rings is 1. The van der Waals surface area contributed by atoms with Crippen LogP contribution in [0.4, 0.5) is 0 Å². The van der Waals surface area contributed by atoms with Gasteiger partial charge in [0.15, 0.2) is 0 Å². The van der Waals surface area contributed by atoms with Gasteiger partial charge in [-0.25, -0.2) is 9.97 Å². The quantitative estimate of drug-likeness (QED) is 0.443. The first-order valence-electron chi connectivity index (χ1n) is 10.3. The Morgan fingerprint density at radius 2 is 2.10 bits per heavy atom. The van der Waals surface area contributed by atoms with Crippen LogP contribution in [-0.4, -0.2) is 65.1 Å². The Kier molecular flexibility index (Phi) is 5.42. The first-order valence-corrected chi connectivity index (χ1v) is 10.3. The van der Waals surface area contributed by atoms with E-state index >= 15 is 0 Å². The van der Waals surface area contributed by atoms with Crippen LogP contribution in [0.15, 0.2) is 54.9 Å². The summed E-state index contributed by atoms with van der Waals surface area (Å²) in [5.41, 5.74) is 3.19. The molecule has 1 aliphatic rings. The van der Waals surface area contributed by atoms with Gasteiger partial charge in [-0.1, -0.05) is 18.2 Å². The average Bonchev–Trinajstić information content (AvgIpc) is 3.40. The summed E-state index contributed by atoms with van der Waals surface area (Å²) in [4.78, 5) is 9.40. The molecule has 0 saturated carbocycles. The van der Waals surface area contributed by atoms with Crippen LogP contribution in [0.2, 0.25) is 0 Å². The Labute approximate surface area is 179 Å². The van der Waals surface area contributed by atoms with Crippen LogP contribution in [0.3, 0.4) is 0 Å². The van der Waals surface area contributed by atoms with Crippen molar-refractivity contribution in [3.8, 4) is 22.9 Å². The SMILES string of the molecule is COCCOc1ccn2c(-c3ccc4cccc(O[C@H]5CNC[C@@H]5O)c4n3)cnc2c1. The normalized spacial score (nSPS) is 18.6. The summed E-state index contributed by atoms with van der Waals surface area (Å²) < 4.78 is 18.8. The number of para-hydroxylation sites is 1. The zero-order chi connectivity index (χ0) is 21.2.